The third-order valence-corrected chi connectivity index (χ3v) is 7.76. The van der Waals surface area contributed by atoms with E-state index in [-0.39, 0.29) is 29.7 Å². The number of rotatable bonds is 4. The molecular weight excluding hydrogens is 465 g/mol. The fraction of sp³-hybridized carbons (Fsp3) is 0.722. The highest BCUT2D eigenvalue weighted by molar-refractivity contribution is 14.0. The van der Waals surface area contributed by atoms with Crippen LogP contribution in [0.1, 0.15) is 45.3 Å². The molecule has 1 N–H and O–H groups in total. The molecule has 8 heteroatoms. The molecule has 3 rings (SSSR count). The molecule has 0 atom stereocenters. The number of sulfone groups is 1. The SMILES string of the molecule is CC1(C)CN(C(=NCCc2ccco2)NC2CCCC2)CCS1(=O)=O.I. The molecule has 1 aliphatic carbocycles. The molecule has 2 heterocycles. The van der Waals surface area contributed by atoms with Crippen molar-refractivity contribution in [3.63, 3.8) is 0 Å². The van der Waals surface area contributed by atoms with Gasteiger partial charge in [-0.05, 0) is 38.8 Å². The summed E-state index contributed by atoms with van der Waals surface area (Å²) in [7, 11) is -3.05. The summed E-state index contributed by atoms with van der Waals surface area (Å²) in [6.45, 7) is 5.24. The van der Waals surface area contributed by atoms with Gasteiger partial charge in [-0.15, -0.1) is 24.0 Å². The van der Waals surface area contributed by atoms with E-state index in [4.69, 9.17) is 9.41 Å². The van der Waals surface area contributed by atoms with Crippen LogP contribution in [-0.4, -0.2) is 55.5 Å². The molecule has 0 unspecified atom stereocenters. The molecule has 0 bridgehead atoms. The molecule has 2 fully saturated rings. The van der Waals surface area contributed by atoms with Crippen LogP contribution < -0.4 is 5.32 Å². The van der Waals surface area contributed by atoms with Crippen molar-refractivity contribution in [1.29, 1.82) is 0 Å². The third-order valence-electron chi connectivity index (χ3n) is 5.23. The number of nitrogens with one attached hydrogen (secondary N) is 1. The van der Waals surface area contributed by atoms with Gasteiger partial charge in [0.1, 0.15) is 5.76 Å². The van der Waals surface area contributed by atoms with E-state index >= 15 is 0 Å². The monoisotopic (exact) mass is 495 g/mol. The van der Waals surface area contributed by atoms with Gasteiger partial charge in [-0.1, -0.05) is 12.8 Å². The van der Waals surface area contributed by atoms with Crippen LogP contribution in [0.25, 0.3) is 0 Å². The molecule has 1 aromatic heterocycles. The number of guanidine groups is 1. The molecule has 0 aromatic carbocycles. The van der Waals surface area contributed by atoms with Gasteiger partial charge in [-0.3, -0.25) is 4.99 Å². The lowest BCUT2D eigenvalue weighted by molar-refractivity contribution is 0.347. The number of nitrogens with zero attached hydrogens (tertiary/aromatic N) is 2. The maximum Gasteiger partial charge on any atom is 0.194 e. The predicted molar refractivity (Wildman–Crippen MR) is 115 cm³/mol. The molecule has 2 aliphatic rings. The minimum Gasteiger partial charge on any atom is -0.469 e. The number of hydrogen-bond acceptors (Lipinski definition) is 4. The molecule has 148 valence electrons. The van der Waals surface area contributed by atoms with E-state index in [0.717, 1.165) is 31.0 Å². The van der Waals surface area contributed by atoms with Crippen molar-refractivity contribution in [2.24, 2.45) is 4.99 Å². The maximum absolute atomic E-state index is 12.3. The summed E-state index contributed by atoms with van der Waals surface area (Å²) in [5.74, 6) is 1.95. The molecule has 0 amide bonds. The molecule has 1 saturated carbocycles. The Morgan fingerprint density at radius 1 is 1.38 bits per heavy atom. The van der Waals surface area contributed by atoms with E-state index in [1.54, 1.807) is 6.26 Å². The summed E-state index contributed by atoms with van der Waals surface area (Å²) in [6.07, 6.45) is 7.24. The normalized spacial score (nSPS) is 22.8. The predicted octanol–water partition coefficient (Wildman–Crippen LogP) is 2.84. The van der Waals surface area contributed by atoms with E-state index in [1.807, 2.05) is 26.0 Å². The first-order valence-corrected chi connectivity index (χ1v) is 10.8. The topological polar surface area (TPSA) is 74.9 Å². The van der Waals surface area contributed by atoms with E-state index in [2.05, 4.69) is 10.2 Å². The second-order valence-electron chi connectivity index (χ2n) is 7.66. The maximum atomic E-state index is 12.3. The second kappa shape index (κ2) is 8.95. The van der Waals surface area contributed by atoms with Crippen LogP contribution in [0.4, 0.5) is 0 Å². The molecule has 0 radical (unpaired) electrons. The summed E-state index contributed by atoms with van der Waals surface area (Å²) in [6, 6.07) is 4.29. The Bertz CT molecular complexity index is 695. The smallest absolute Gasteiger partial charge is 0.194 e. The molecule has 1 aliphatic heterocycles. The Morgan fingerprint density at radius 2 is 2.12 bits per heavy atom. The number of furan rings is 1. The van der Waals surface area contributed by atoms with Crippen LogP contribution >= 0.6 is 24.0 Å². The first-order valence-electron chi connectivity index (χ1n) is 9.18. The van der Waals surface area contributed by atoms with E-state index < -0.39 is 14.6 Å². The van der Waals surface area contributed by atoms with Crippen molar-refractivity contribution < 1.29 is 12.8 Å². The van der Waals surface area contributed by atoms with Crippen LogP contribution in [0.3, 0.4) is 0 Å². The summed E-state index contributed by atoms with van der Waals surface area (Å²) in [5, 5.41) is 3.58. The van der Waals surface area contributed by atoms with Crippen LogP contribution in [0.5, 0.6) is 0 Å². The first kappa shape index (κ1) is 21.5. The standard InChI is InChI=1S/C18H29N3O3S.HI/c1-18(2)14-21(11-13-25(18,22)23)17(20-15-6-3-4-7-15)19-10-9-16-8-5-12-24-16;/h5,8,12,15H,3-4,6-7,9-11,13-14H2,1-2H3,(H,19,20);1H. The van der Waals surface area contributed by atoms with E-state index in [9.17, 15) is 8.42 Å². The lowest BCUT2D eigenvalue weighted by Crippen LogP contribution is -2.58. The van der Waals surface area contributed by atoms with E-state index in [1.165, 1.54) is 12.8 Å². The average molecular weight is 495 g/mol. The van der Waals surface area contributed by atoms with Crippen molar-refractivity contribution in [3.05, 3.63) is 24.2 Å². The van der Waals surface area contributed by atoms with Gasteiger partial charge in [0.05, 0.1) is 16.8 Å². The lowest BCUT2D eigenvalue weighted by Gasteiger charge is -2.39. The van der Waals surface area contributed by atoms with Crippen molar-refractivity contribution >= 4 is 39.8 Å². The Labute approximate surface area is 173 Å². The molecule has 26 heavy (non-hydrogen) atoms. The average Bonchev–Trinajstić information content (AvgIpc) is 3.22. The zero-order valence-corrected chi connectivity index (χ0v) is 18.8. The van der Waals surface area contributed by atoms with Crippen molar-refractivity contribution in [1.82, 2.24) is 10.2 Å². The van der Waals surface area contributed by atoms with Gasteiger partial charge < -0.3 is 14.6 Å². The number of hydrogen-bond donors (Lipinski definition) is 1. The van der Waals surface area contributed by atoms with Gasteiger partial charge in [0, 0.05) is 32.1 Å². The largest absolute Gasteiger partial charge is 0.469 e. The van der Waals surface area contributed by atoms with Gasteiger partial charge in [0.2, 0.25) is 0 Å². The van der Waals surface area contributed by atoms with Crippen molar-refractivity contribution in [2.75, 3.05) is 25.4 Å². The molecule has 1 saturated heterocycles. The van der Waals surface area contributed by atoms with Crippen LogP contribution in [0.15, 0.2) is 27.8 Å². The van der Waals surface area contributed by atoms with Gasteiger partial charge in [-0.2, -0.15) is 0 Å². The lowest BCUT2D eigenvalue weighted by atomic mass is 10.2. The van der Waals surface area contributed by atoms with Crippen LogP contribution in [-0.2, 0) is 16.3 Å². The number of halogens is 1. The van der Waals surface area contributed by atoms with Crippen molar-refractivity contribution in [3.8, 4) is 0 Å². The van der Waals surface area contributed by atoms with Gasteiger partial charge in [0.15, 0.2) is 15.8 Å². The highest BCUT2D eigenvalue weighted by Crippen LogP contribution is 2.24. The second-order valence-corrected chi connectivity index (χ2v) is 10.4. The molecule has 0 spiro atoms. The van der Waals surface area contributed by atoms with E-state index in [0.29, 0.717) is 25.7 Å². The molecule has 6 nitrogen and oxygen atoms in total. The molecular formula is C18H30IN3O3S. The fourth-order valence-electron chi connectivity index (χ4n) is 3.54. The minimum atomic E-state index is -3.05. The number of aliphatic imine (C=N–C) groups is 1. The van der Waals surface area contributed by atoms with Crippen LogP contribution in [0.2, 0.25) is 0 Å². The summed E-state index contributed by atoms with van der Waals surface area (Å²) >= 11 is 0. The van der Waals surface area contributed by atoms with Crippen molar-refractivity contribution in [2.45, 2.75) is 56.7 Å². The first-order chi connectivity index (χ1) is 11.9. The molecule has 1 aromatic rings. The van der Waals surface area contributed by atoms with Gasteiger partial charge in [-0.25, -0.2) is 8.42 Å². The highest BCUT2D eigenvalue weighted by Gasteiger charge is 2.41. The Hall–Kier alpha value is -0.770. The minimum absolute atomic E-state index is 0. The Morgan fingerprint density at radius 3 is 2.73 bits per heavy atom. The fourth-order valence-corrected chi connectivity index (χ4v) is 4.91. The third kappa shape index (κ3) is 5.15. The van der Waals surface area contributed by atoms with Gasteiger partial charge >= 0.3 is 0 Å². The highest BCUT2D eigenvalue weighted by atomic mass is 127. The Kier molecular flexibility index (Phi) is 7.41. The summed E-state index contributed by atoms with van der Waals surface area (Å²) < 4.78 is 29.2. The summed E-state index contributed by atoms with van der Waals surface area (Å²) in [5.41, 5.74) is 0. The van der Waals surface area contributed by atoms with Crippen LogP contribution in [0, 0.1) is 0 Å². The Balaban J connectivity index is 0.00000243. The van der Waals surface area contributed by atoms with Gasteiger partial charge in [0.25, 0.3) is 0 Å². The zero-order chi connectivity index (χ0) is 17.9. The summed E-state index contributed by atoms with van der Waals surface area (Å²) in [4.78, 5) is 6.89. The zero-order valence-electron chi connectivity index (χ0n) is 15.6. The quantitative estimate of drug-likeness (QED) is 0.395.